The average molecular weight is 828 g/mol. The Hall–Kier alpha value is -2.11. The fourth-order valence-electron chi connectivity index (χ4n) is 6.01. The summed E-state index contributed by atoms with van der Waals surface area (Å²) in [7, 11) is -4.45. The molecule has 11 nitrogen and oxygen atoms in total. The Morgan fingerprint density at radius 1 is 0.614 bits per heavy atom. The third kappa shape index (κ3) is 40.5. The second kappa shape index (κ2) is 40.7. The Morgan fingerprint density at radius 3 is 1.68 bits per heavy atom. The van der Waals surface area contributed by atoms with Gasteiger partial charge in [-0.2, -0.15) is 0 Å². The third-order valence-corrected chi connectivity index (χ3v) is 10.4. The van der Waals surface area contributed by atoms with Gasteiger partial charge in [0.15, 0.2) is 6.10 Å². The Kier molecular flexibility index (Phi) is 39.2. The number of rotatable bonds is 41. The number of esters is 2. The quantitative estimate of drug-likeness (QED) is 0.0152. The van der Waals surface area contributed by atoms with Gasteiger partial charge in [-0.1, -0.05) is 178 Å². The van der Waals surface area contributed by atoms with Crippen molar-refractivity contribution in [1.82, 2.24) is 0 Å². The summed E-state index contributed by atoms with van der Waals surface area (Å²) < 4.78 is 32.6. The van der Waals surface area contributed by atoms with Gasteiger partial charge >= 0.3 is 19.8 Å². The van der Waals surface area contributed by atoms with Crippen molar-refractivity contribution in [2.45, 2.75) is 199 Å². The Bertz CT molecular complexity index is 1110. The molecule has 0 spiro atoms. The number of ether oxygens (including phenoxy) is 2. The van der Waals surface area contributed by atoms with E-state index >= 15 is 0 Å². The van der Waals surface area contributed by atoms with Crippen molar-refractivity contribution in [3.63, 3.8) is 0 Å². The molecule has 0 aliphatic rings. The summed E-state index contributed by atoms with van der Waals surface area (Å²) >= 11 is 0. The fraction of sp³-hybridized carbons (Fsp3) is 0.778. The van der Waals surface area contributed by atoms with E-state index in [4.69, 9.17) is 24.3 Å². The number of phosphoric acid groups is 1. The molecule has 332 valence electrons. The smallest absolute Gasteiger partial charge is 0.462 e. The van der Waals surface area contributed by atoms with E-state index in [1.165, 1.54) is 103 Å². The highest BCUT2D eigenvalue weighted by atomic mass is 31.2. The topological polar surface area (TPSA) is 175 Å². The minimum absolute atomic E-state index is 0.0131. The van der Waals surface area contributed by atoms with Crippen LogP contribution < -0.4 is 5.73 Å². The number of phosphoric ester groups is 1. The second-order valence-electron chi connectivity index (χ2n) is 15.0. The van der Waals surface area contributed by atoms with Crippen molar-refractivity contribution in [2.75, 3.05) is 26.4 Å². The molecule has 0 fully saturated rings. The summed E-state index contributed by atoms with van der Waals surface area (Å²) in [5.74, 6) is -1.07. The van der Waals surface area contributed by atoms with Crippen molar-refractivity contribution >= 4 is 19.8 Å². The number of nitrogens with two attached hydrogens (primary N) is 1. The maximum absolute atomic E-state index is 12.6. The molecule has 57 heavy (non-hydrogen) atoms. The highest BCUT2D eigenvalue weighted by Crippen LogP contribution is 2.43. The monoisotopic (exact) mass is 828 g/mol. The van der Waals surface area contributed by atoms with Crippen LogP contribution in [-0.2, 0) is 32.7 Å². The maximum Gasteiger partial charge on any atom is 0.472 e. The van der Waals surface area contributed by atoms with Crippen molar-refractivity contribution in [3.8, 4) is 0 Å². The Morgan fingerprint density at radius 2 is 1.12 bits per heavy atom. The molecular formula is C45H82NO10P. The third-order valence-electron chi connectivity index (χ3n) is 9.41. The van der Waals surface area contributed by atoms with Crippen molar-refractivity contribution in [3.05, 3.63) is 48.6 Å². The van der Waals surface area contributed by atoms with E-state index < -0.39 is 44.7 Å². The van der Waals surface area contributed by atoms with Crippen LogP contribution in [0.4, 0.5) is 0 Å². The summed E-state index contributed by atoms with van der Waals surface area (Å²) in [5, 5.41) is 20.3. The second-order valence-corrected chi connectivity index (χ2v) is 16.4. The van der Waals surface area contributed by atoms with Gasteiger partial charge in [0.1, 0.15) is 6.61 Å². The van der Waals surface area contributed by atoms with Crippen LogP contribution in [0, 0.1) is 0 Å². The largest absolute Gasteiger partial charge is 0.472 e. The number of aliphatic hydroxyl groups is 2. The van der Waals surface area contributed by atoms with E-state index in [1.807, 2.05) is 6.08 Å². The standard InChI is InChI=1S/C45H82NO10P/c1-3-5-7-9-11-12-13-14-15-16-17-18-19-20-21-23-29-35-44(49)53-39-43(40-55-57(51,52)54-38-37-46)56-45(50)36-30-34-42(48)33-28-25-24-27-32-41(47)31-26-22-10-8-6-4-2/h22,24-28,32-33,41-43,47-48H,3-21,23,29-31,34-40,46H2,1-2H3,(H,51,52)/b25-24+,26-22-,32-27+,33-28-/t41-,42-,43+/m0/s1. The van der Waals surface area contributed by atoms with Crippen LogP contribution in [0.15, 0.2) is 48.6 Å². The van der Waals surface area contributed by atoms with Crippen molar-refractivity contribution in [1.29, 1.82) is 0 Å². The zero-order chi connectivity index (χ0) is 42.1. The van der Waals surface area contributed by atoms with Crippen LogP contribution in [-0.4, -0.2) is 71.7 Å². The molecule has 0 aromatic rings. The van der Waals surface area contributed by atoms with Gasteiger partial charge < -0.3 is 30.3 Å². The van der Waals surface area contributed by atoms with Gasteiger partial charge in [0.05, 0.1) is 25.4 Å². The molecule has 5 N–H and O–H groups in total. The van der Waals surface area contributed by atoms with Gasteiger partial charge in [-0.3, -0.25) is 18.6 Å². The van der Waals surface area contributed by atoms with E-state index in [1.54, 1.807) is 36.5 Å². The van der Waals surface area contributed by atoms with E-state index in [-0.39, 0.29) is 32.6 Å². The van der Waals surface area contributed by atoms with Crippen molar-refractivity contribution < 1.29 is 47.8 Å². The molecule has 4 atom stereocenters. The number of allylic oxidation sites excluding steroid dienone is 5. The number of hydrogen-bond acceptors (Lipinski definition) is 10. The van der Waals surface area contributed by atoms with E-state index in [2.05, 4.69) is 19.9 Å². The molecule has 0 aromatic heterocycles. The Balaban J connectivity index is 4.38. The summed E-state index contributed by atoms with van der Waals surface area (Å²) in [5.41, 5.74) is 5.33. The van der Waals surface area contributed by atoms with Crippen molar-refractivity contribution in [2.24, 2.45) is 5.73 Å². The van der Waals surface area contributed by atoms with Gasteiger partial charge in [-0.05, 0) is 38.5 Å². The molecule has 0 saturated heterocycles. The minimum Gasteiger partial charge on any atom is -0.462 e. The van der Waals surface area contributed by atoms with Crippen LogP contribution in [0.1, 0.15) is 181 Å². The van der Waals surface area contributed by atoms with Gasteiger partial charge in [-0.25, -0.2) is 4.57 Å². The molecule has 0 aliphatic carbocycles. The molecule has 0 aromatic carbocycles. The van der Waals surface area contributed by atoms with Crippen LogP contribution >= 0.6 is 7.82 Å². The van der Waals surface area contributed by atoms with E-state index in [9.17, 15) is 29.3 Å². The summed E-state index contributed by atoms with van der Waals surface area (Å²) in [4.78, 5) is 34.9. The van der Waals surface area contributed by atoms with Gasteiger partial charge in [0.2, 0.25) is 0 Å². The lowest BCUT2D eigenvalue weighted by Crippen LogP contribution is -2.29. The van der Waals surface area contributed by atoms with Crippen LogP contribution in [0.3, 0.4) is 0 Å². The highest BCUT2D eigenvalue weighted by molar-refractivity contribution is 7.47. The number of hydrogen-bond donors (Lipinski definition) is 4. The zero-order valence-corrected chi connectivity index (χ0v) is 36.7. The predicted octanol–water partition coefficient (Wildman–Crippen LogP) is 10.7. The molecule has 0 saturated carbocycles. The molecule has 0 aliphatic heterocycles. The molecular weight excluding hydrogens is 745 g/mol. The van der Waals surface area contributed by atoms with Gasteiger partial charge in [0.25, 0.3) is 0 Å². The predicted molar refractivity (Wildman–Crippen MR) is 232 cm³/mol. The number of aliphatic hydroxyl groups excluding tert-OH is 2. The SMILES string of the molecule is CCCCC/C=C\C[C@H](O)/C=C/C=C/C=C\[C@H](O)CCCC(=O)O[C@H](COC(=O)CCCCCCCCCCCCCCCCCCC)COP(=O)(O)OCCN. The first-order chi connectivity index (χ1) is 27.6. The average Bonchev–Trinajstić information content (AvgIpc) is 3.19. The van der Waals surface area contributed by atoms with Crippen LogP contribution in [0.2, 0.25) is 0 Å². The molecule has 0 heterocycles. The van der Waals surface area contributed by atoms with E-state index in [0.717, 1.165) is 25.7 Å². The normalized spacial score (nSPS) is 14.8. The molecule has 12 heteroatoms. The lowest BCUT2D eigenvalue weighted by Gasteiger charge is -2.20. The maximum atomic E-state index is 12.6. The van der Waals surface area contributed by atoms with Gasteiger partial charge in [-0.15, -0.1) is 0 Å². The number of unbranched alkanes of at least 4 members (excludes halogenated alkanes) is 19. The molecule has 0 radical (unpaired) electrons. The molecule has 0 amide bonds. The molecule has 0 bridgehead atoms. The highest BCUT2D eigenvalue weighted by Gasteiger charge is 2.26. The van der Waals surface area contributed by atoms with Crippen LogP contribution in [0.5, 0.6) is 0 Å². The summed E-state index contributed by atoms with van der Waals surface area (Å²) in [6, 6.07) is 0. The lowest BCUT2D eigenvalue weighted by molar-refractivity contribution is -0.161. The number of carbonyl (C=O) groups excluding carboxylic acids is 2. The fourth-order valence-corrected chi connectivity index (χ4v) is 6.77. The number of carbonyl (C=O) groups is 2. The minimum atomic E-state index is -4.45. The zero-order valence-electron chi connectivity index (χ0n) is 35.8. The van der Waals surface area contributed by atoms with E-state index in [0.29, 0.717) is 25.7 Å². The summed E-state index contributed by atoms with van der Waals surface area (Å²) in [6.07, 6.45) is 39.1. The lowest BCUT2D eigenvalue weighted by atomic mass is 10.0. The van der Waals surface area contributed by atoms with Crippen LogP contribution in [0.25, 0.3) is 0 Å². The molecule has 1 unspecified atom stereocenters. The first-order valence-corrected chi connectivity index (χ1v) is 23.8. The first kappa shape index (κ1) is 54.9. The molecule has 0 rings (SSSR count). The first-order valence-electron chi connectivity index (χ1n) is 22.3. The summed E-state index contributed by atoms with van der Waals surface area (Å²) in [6.45, 7) is 3.39. The van der Waals surface area contributed by atoms with Gasteiger partial charge in [0, 0.05) is 19.4 Å². The Labute approximate surface area is 346 Å².